The van der Waals surface area contributed by atoms with E-state index in [1.807, 2.05) is 0 Å². The summed E-state index contributed by atoms with van der Waals surface area (Å²) in [5.41, 5.74) is 2.66. The van der Waals surface area contributed by atoms with Gasteiger partial charge in [0.05, 0.1) is 14.2 Å². The van der Waals surface area contributed by atoms with E-state index in [0.29, 0.717) is 0 Å². The molecule has 1 aliphatic carbocycles. The highest BCUT2D eigenvalue weighted by Gasteiger charge is 2.22. The quantitative estimate of drug-likeness (QED) is 0.797. The van der Waals surface area contributed by atoms with Crippen molar-refractivity contribution in [2.24, 2.45) is 0 Å². The summed E-state index contributed by atoms with van der Waals surface area (Å²) in [6.45, 7) is 4.35. The highest BCUT2D eigenvalue weighted by atomic mass is 31.0. The molecule has 0 bridgehead atoms. The van der Waals surface area contributed by atoms with Gasteiger partial charge in [0.25, 0.3) is 0 Å². The Hall–Kier alpha value is -1.14. The molecule has 2 rings (SSSR count). The fourth-order valence-electron chi connectivity index (χ4n) is 2.19. The van der Waals surface area contributed by atoms with Gasteiger partial charge in [-0.05, 0) is 37.2 Å². The second kappa shape index (κ2) is 4.39. The first-order valence-electron chi connectivity index (χ1n) is 5.35. The fraction of sp³-hybridized carbons (Fsp3) is 0.385. The van der Waals surface area contributed by atoms with Crippen LogP contribution in [0.25, 0.3) is 5.57 Å². The summed E-state index contributed by atoms with van der Waals surface area (Å²) < 4.78 is 10.8. The average Bonchev–Trinajstić information content (AvgIpc) is 2.80. The minimum atomic E-state index is 0.782. The average molecular weight is 236 g/mol. The number of allylic oxidation sites excluding steroid dienone is 2. The molecule has 0 spiro atoms. The van der Waals surface area contributed by atoms with Gasteiger partial charge < -0.3 is 9.47 Å². The Bertz CT molecular complexity index is 466. The van der Waals surface area contributed by atoms with Gasteiger partial charge in [-0.1, -0.05) is 6.07 Å². The van der Waals surface area contributed by atoms with Crippen LogP contribution in [-0.2, 0) is 9.47 Å². The van der Waals surface area contributed by atoms with Crippen molar-refractivity contribution in [2.75, 3.05) is 14.2 Å². The molecule has 0 fully saturated rings. The molecule has 3 heteroatoms. The maximum atomic E-state index is 5.46. The topological polar surface area (TPSA) is 18.5 Å². The molecule has 1 aliphatic rings. The van der Waals surface area contributed by atoms with E-state index in [9.17, 15) is 0 Å². The zero-order valence-corrected chi connectivity index (χ0v) is 11.2. The van der Waals surface area contributed by atoms with Gasteiger partial charge in [0.15, 0.2) is 11.5 Å². The van der Waals surface area contributed by atoms with E-state index in [1.54, 1.807) is 14.2 Å². The van der Waals surface area contributed by atoms with E-state index in [0.717, 1.165) is 26.1 Å². The molecule has 16 heavy (non-hydrogen) atoms. The lowest BCUT2D eigenvalue weighted by atomic mass is 10.1. The Morgan fingerprint density at radius 3 is 2.44 bits per heavy atom. The summed E-state index contributed by atoms with van der Waals surface area (Å²) >= 11 is 0. The summed E-state index contributed by atoms with van der Waals surface area (Å²) in [6.07, 6.45) is 3.01. The van der Waals surface area contributed by atoms with Crippen LogP contribution < -0.4 is 0 Å². The smallest absolute Gasteiger partial charge is 0.164 e. The van der Waals surface area contributed by atoms with Gasteiger partial charge in [0.2, 0.25) is 0 Å². The molecule has 0 aliphatic heterocycles. The predicted octanol–water partition coefficient (Wildman–Crippen LogP) is 3.63. The van der Waals surface area contributed by atoms with Crippen LogP contribution in [0.15, 0.2) is 23.7 Å². The lowest BCUT2D eigenvalue weighted by molar-refractivity contribution is 0.224. The monoisotopic (exact) mass is 236 g/mol. The zero-order chi connectivity index (χ0) is 11.7. The lowest BCUT2D eigenvalue weighted by Crippen LogP contribution is -1.94. The molecule has 0 saturated heterocycles. The first-order chi connectivity index (χ1) is 7.67. The van der Waals surface area contributed by atoms with E-state index < -0.39 is 0 Å². The van der Waals surface area contributed by atoms with E-state index in [4.69, 9.17) is 9.47 Å². The van der Waals surface area contributed by atoms with Crippen LogP contribution in [0, 0.1) is 13.8 Å². The molecule has 0 aromatic carbocycles. The van der Waals surface area contributed by atoms with Crippen LogP contribution in [0.2, 0.25) is 0 Å². The van der Waals surface area contributed by atoms with Gasteiger partial charge >= 0.3 is 0 Å². The van der Waals surface area contributed by atoms with Crippen molar-refractivity contribution in [3.05, 3.63) is 39.8 Å². The Kier molecular flexibility index (Phi) is 3.11. The Labute approximate surface area is 98.0 Å². The molecule has 86 valence electrons. The molecule has 1 atom stereocenters. The zero-order valence-electron chi connectivity index (χ0n) is 10.2. The van der Waals surface area contributed by atoms with Gasteiger partial charge in [-0.3, -0.25) is 0 Å². The molecule has 2 nitrogen and oxygen atoms in total. The third-order valence-corrected chi connectivity index (χ3v) is 4.35. The van der Waals surface area contributed by atoms with Gasteiger partial charge in [-0.25, -0.2) is 0 Å². The first-order valence-corrected chi connectivity index (χ1v) is 6.35. The highest BCUT2D eigenvalue weighted by molar-refractivity contribution is 7.33. The van der Waals surface area contributed by atoms with E-state index in [-0.39, 0.29) is 0 Å². The number of hydrogen-bond donors (Lipinski definition) is 0. The van der Waals surface area contributed by atoms with Crippen molar-refractivity contribution in [3.63, 3.8) is 0 Å². The summed E-state index contributed by atoms with van der Waals surface area (Å²) in [5.74, 6) is 1.78. The third kappa shape index (κ3) is 1.78. The third-order valence-electron chi connectivity index (χ3n) is 2.86. The van der Waals surface area contributed by atoms with Crippen LogP contribution in [0.4, 0.5) is 0 Å². The van der Waals surface area contributed by atoms with Gasteiger partial charge in [0, 0.05) is 10.9 Å². The van der Waals surface area contributed by atoms with E-state index in [1.165, 1.54) is 21.7 Å². The van der Waals surface area contributed by atoms with Crippen LogP contribution in [-0.4, -0.2) is 14.2 Å². The molecule has 0 amide bonds. The second-order valence-corrected chi connectivity index (χ2v) is 5.54. The Morgan fingerprint density at radius 1 is 1.19 bits per heavy atom. The fourth-order valence-corrected chi connectivity index (χ4v) is 3.51. The van der Waals surface area contributed by atoms with Crippen molar-refractivity contribution in [3.8, 4) is 0 Å². The van der Waals surface area contributed by atoms with Gasteiger partial charge in [-0.2, -0.15) is 0 Å². The summed E-state index contributed by atoms with van der Waals surface area (Å²) in [6, 6.07) is 2.26. The van der Waals surface area contributed by atoms with Crippen LogP contribution in [0.5, 0.6) is 0 Å². The van der Waals surface area contributed by atoms with Crippen LogP contribution in [0.1, 0.15) is 22.6 Å². The van der Waals surface area contributed by atoms with Crippen LogP contribution >= 0.6 is 8.19 Å². The van der Waals surface area contributed by atoms with Crippen molar-refractivity contribution in [2.45, 2.75) is 20.3 Å². The molecule has 0 radical (unpaired) electrons. The first kappa shape index (κ1) is 11.3. The maximum Gasteiger partial charge on any atom is 0.164 e. The van der Waals surface area contributed by atoms with Gasteiger partial charge in [0.1, 0.15) is 0 Å². The van der Waals surface area contributed by atoms with Crippen LogP contribution in [0.3, 0.4) is 0 Å². The highest BCUT2D eigenvalue weighted by Crippen LogP contribution is 2.41. The normalized spacial score (nSPS) is 15.9. The summed E-state index contributed by atoms with van der Waals surface area (Å²) in [5, 5.41) is 2.87. The standard InChI is InChI=1S/C13H17O2P/c1-8-7-9(2)16-13(8)10-5-6-11(14-3)12(10)15-4/h6-7,16H,5H2,1-4H3. The summed E-state index contributed by atoms with van der Waals surface area (Å²) in [4.78, 5) is 0. The lowest BCUT2D eigenvalue weighted by Gasteiger charge is -2.09. The van der Waals surface area contributed by atoms with E-state index in [2.05, 4.69) is 26.0 Å². The van der Waals surface area contributed by atoms with Crippen molar-refractivity contribution in [1.82, 2.24) is 0 Å². The molecular formula is C13H17O2P. The molecule has 1 heterocycles. The molecule has 1 unspecified atom stereocenters. The minimum Gasteiger partial charge on any atom is -0.493 e. The number of hydrogen-bond acceptors (Lipinski definition) is 2. The van der Waals surface area contributed by atoms with Crippen molar-refractivity contribution in [1.29, 1.82) is 0 Å². The predicted molar refractivity (Wildman–Crippen MR) is 69.1 cm³/mol. The van der Waals surface area contributed by atoms with Crippen molar-refractivity contribution < 1.29 is 9.47 Å². The maximum absolute atomic E-state index is 5.46. The number of methoxy groups -OCH3 is 2. The molecule has 1 aromatic heterocycles. The molecular weight excluding hydrogens is 219 g/mol. The van der Waals surface area contributed by atoms with E-state index >= 15 is 0 Å². The van der Waals surface area contributed by atoms with Gasteiger partial charge in [-0.15, -0.1) is 8.19 Å². The molecule has 1 aromatic rings. The largest absolute Gasteiger partial charge is 0.493 e. The Balaban J connectivity index is 2.46. The SMILES string of the molecule is COC1=CCC(c2[pH]c(C)cc2C)=C1OC. The second-order valence-electron chi connectivity index (χ2n) is 4.00. The molecule has 0 N–H and O–H groups in total. The minimum absolute atomic E-state index is 0.782. The number of ether oxygens (including phenoxy) is 2. The summed E-state index contributed by atoms with van der Waals surface area (Å²) in [7, 11) is 4.18. The molecule has 0 saturated carbocycles. The number of rotatable bonds is 3. The van der Waals surface area contributed by atoms with Crippen molar-refractivity contribution >= 4 is 13.8 Å². The number of aryl methyl sites for hydroxylation is 2. The Morgan fingerprint density at radius 2 is 1.94 bits per heavy atom.